The normalized spacial score (nSPS) is 15.7. The molecule has 2 heterocycles. The number of amides is 1. The molecule has 0 N–H and O–H groups in total. The Morgan fingerprint density at radius 2 is 1.70 bits per heavy atom. The first-order valence-electron chi connectivity index (χ1n) is 8.11. The van der Waals surface area contributed by atoms with Gasteiger partial charge < -0.3 is 4.90 Å². The van der Waals surface area contributed by atoms with Crippen LogP contribution in [0.15, 0.2) is 42.7 Å². The van der Waals surface area contributed by atoms with Crippen molar-refractivity contribution in [3.05, 3.63) is 65.0 Å². The third-order valence-corrected chi connectivity index (χ3v) is 4.57. The zero-order valence-electron chi connectivity index (χ0n) is 13.8. The van der Waals surface area contributed by atoms with Gasteiger partial charge in [0.1, 0.15) is 0 Å². The SMILES string of the molecule is Cc1ccc(C(=O)N2CCN(Cc3ccncc3)CC2)cc1C. The maximum absolute atomic E-state index is 12.6. The molecule has 1 aromatic carbocycles. The highest BCUT2D eigenvalue weighted by atomic mass is 16.2. The minimum absolute atomic E-state index is 0.150. The van der Waals surface area contributed by atoms with Gasteiger partial charge in [0, 0.05) is 50.7 Å². The molecule has 1 aromatic heterocycles. The summed E-state index contributed by atoms with van der Waals surface area (Å²) in [5.41, 5.74) is 4.47. The molecule has 1 fully saturated rings. The van der Waals surface area contributed by atoms with Crippen LogP contribution in [0, 0.1) is 13.8 Å². The third kappa shape index (κ3) is 3.77. The monoisotopic (exact) mass is 309 g/mol. The van der Waals surface area contributed by atoms with Gasteiger partial charge in [-0.15, -0.1) is 0 Å². The van der Waals surface area contributed by atoms with Crippen molar-refractivity contribution in [3.8, 4) is 0 Å². The van der Waals surface area contributed by atoms with Crippen LogP contribution < -0.4 is 0 Å². The van der Waals surface area contributed by atoms with Gasteiger partial charge in [0.25, 0.3) is 5.91 Å². The maximum Gasteiger partial charge on any atom is 0.253 e. The summed E-state index contributed by atoms with van der Waals surface area (Å²) in [6.07, 6.45) is 3.66. The summed E-state index contributed by atoms with van der Waals surface area (Å²) in [6.45, 7) is 8.46. The fourth-order valence-corrected chi connectivity index (χ4v) is 2.91. The van der Waals surface area contributed by atoms with E-state index in [0.717, 1.165) is 38.3 Å². The summed E-state index contributed by atoms with van der Waals surface area (Å²) in [7, 11) is 0. The van der Waals surface area contributed by atoms with Gasteiger partial charge >= 0.3 is 0 Å². The second-order valence-corrected chi connectivity index (χ2v) is 6.22. The van der Waals surface area contributed by atoms with E-state index < -0.39 is 0 Å². The molecule has 1 aliphatic heterocycles. The average molecular weight is 309 g/mol. The van der Waals surface area contributed by atoms with Gasteiger partial charge in [0.05, 0.1) is 0 Å². The van der Waals surface area contributed by atoms with Crippen LogP contribution in [0.4, 0.5) is 0 Å². The molecule has 0 spiro atoms. The number of hydrogen-bond acceptors (Lipinski definition) is 3. The number of carbonyl (C=O) groups is 1. The molecule has 4 heteroatoms. The lowest BCUT2D eigenvalue weighted by Crippen LogP contribution is -2.48. The summed E-state index contributed by atoms with van der Waals surface area (Å²) < 4.78 is 0. The minimum Gasteiger partial charge on any atom is -0.336 e. The van der Waals surface area contributed by atoms with Crippen LogP contribution in [-0.2, 0) is 6.54 Å². The van der Waals surface area contributed by atoms with Crippen molar-refractivity contribution in [1.82, 2.24) is 14.8 Å². The lowest BCUT2D eigenvalue weighted by atomic mass is 10.1. The highest BCUT2D eigenvalue weighted by Crippen LogP contribution is 2.14. The van der Waals surface area contributed by atoms with Crippen molar-refractivity contribution in [2.24, 2.45) is 0 Å². The third-order valence-electron chi connectivity index (χ3n) is 4.57. The zero-order chi connectivity index (χ0) is 16.2. The molecular weight excluding hydrogens is 286 g/mol. The van der Waals surface area contributed by atoms with Crippen molar-refractivity contribution in [3.63, 3.8) is 0 Å². The van der Waals surface area contributed by atoms with Gasteiger partial charge in [-0.1, -0.05) is 6.07 Å². The summed E-state index contributed by atoms with van der Waals surface area (Å²) in [4.78, 5) is 21.0. The number of aryl methyl sites for hydroxylation is 2. The van der Waals surface area contributed by atoms with Crippen LogP contribution in [0.5, 0.6) is 0 Å². The topological polar surface area (TPSA) is 36.4 Å². The summed E-state index contributed by atoms with van der Waals surface area (Å²) in [5, 5.41) is 0. The van der Waals surface area contributed by atoms with Crippen molar-refractivity contribution >= 4 is 5.91 Å². The first-order chi connectivity index (χ1) is 11.1. The molecule has 0 unspecified atom stereocenters. The van der Waals surface area contributed by atoms with Crippen molar-refractivity contribution < 1.29 is 4.79 Å². The molecule has 1 amide bonds. The van der Waals surface area contributed by atoms with Gasteiger partial charge in [-0.05, 0) is 54.8 Å². The van der Waals surface area contributed by atoms with E-state index in [2.05, 4.69) is 23.7 Å². The molecule has 0 atom stereocenters. The molecule has 2 aromatic rings. The van der Waals surface area contributed by atoms with Gasteiger partial charge in [-0.2, -0.15) is 0 Å². The molecule has 3 rings (SSSR count). The number of piperazine rings is 1. The van der Waals surface area contributed by atoms with E-state index >= 15 is 0 Å². The molecule has 23 heavy (non-hydrogen) atoms. The second kappa shape index (κ2) is 6.92. The first kappa shape index (κ1) is 15.7. The lowest BCUT2D eigenvalue weighted by molar-refractivity contribution is 0.0628. The molecule has 120 valence electrons. The molecule has 1 aliphatic rings. The zero-order valence-corrected chi connectivity index (χ0v) is 13.8. The summed E-state index contributed by atoms with van der Waals surface area (Å²) in [5.74, 6) is 0.150. The van der Waals surface area contributed by atoms with Crippen LogP contribution in [0.1, 0.15) is 27.0 Å². The van der Waals surface area contributed by atoms with Crippen LogP contribution in [0.3, 0.4) is 0 Å². The number of rotatable bonds is 3. The van der Waals surface area contributed by atoms with Crippen molar-refractivity contribution in [1.29, 1.82) is 0 Å². The van der Waals surface area contributed by atoms with Crippen LogP contribution in [0.2, 0.25) is 0 Å². The summed E-state index contributed by atoms with van der Waals surface area (Å²) >= 11 is 0. The maximum atomic E-state index is 12.6. The molecule has 0 bridgehead atoms. The van der Waals surface area contributed by atoms with E-state index in [4.69, 9.17) is 0 Å². The fourth-order valence-electron chi connectivity index (χ4n) is 2.91. The smallest absolute Gasteiger partial charge is 0.253 e. The van der Waals surface area contributed by atoms with Crippen LogP contribution in [-0.4, -0.2) is 46.9 Å². The Kier molecular flexibility index (Phi) is 4.72. The van der Waals surface area contributed by atoms with Crippen LogP contribution >= 0.6 is 0 Å². The highest BCUT2D eigenvalue weighted by Gasteiger charge is 2.22. The Hall–Kier alpha value is -2.20. The van der Waals surface area contributed by atoms with Crippen LogP contribution in [0.25, 0.3) is 0 Å². The average Bonchev–Trinajstić information content (AvgIpc) is 2.58. The second-order valence-electron chi connectivity index (χ2n) is 6.22. The Morgan fingerprint density at radius 3 is 2.35 bits per heavy atom. The predicted molar refractivity (Wildman–Crippen MR) is 91.3 cm³/mol. The quantitative estimate of drug-likeness (QED) is 0.874. The van der Waals surface area contributed by atoms with Gasteiger partial charge in [0.2, 0.25) is 0 Å². The van der Waals surface area contributed by atoms with E-state index in [0.29, 0.717) is 0 Å². The number of benzene rings is 1. The van der Waals surface area contributed by atoms with Crippen molar-refractivity contribution in [2.75, 3.05) is 26.2 Å². The standard InChI is InChI=1S/C19H23N3O/c1-15-3-4-18(13-16(15)2)19(23)22-11-9-21(10-12-22)14-17-5-7-20-8-6-17/h3-8,13H,9-12,14H2,1-2H3. The van der Waals surface area contributed by atoms with E-state index in [1.165, 1.54) is 16.7 Å². The number of pyridine rings is 1. The summed E-state index contributed by atoms with van der Waals surface area (Å²) in [6, 6.07) is 10.1. The van der Waals surface area contributed by atoms with Gasteiger partial charge in [-0.25, -0.2) is 0 Å². The number of carbonyl (C=O) groups excluding carboxylic acids is 1. The largest absolute Gasteiger partial charge is 0.336 e. The fraction of sp³-hybridized carbons (Fsp3) is 0.368. The Balaban J connectivity index is 1.58. The lowest BCUT2D eigenvalue weighted by Gasteiger charge is -2.34. The van der Waals surface area contributed by atoms with E-state index in [1.807, 2.05) is 47.6 Å². The molecule has 0 radical (unpaired) electrons. The number of hydrogen-bond donors (Lipinski definition) is 0. The highest BCUT2D eigenvalue weighted by molar-refractivity contribution is 5.94. The Bertz CT molecular complexity index is 676. The Morgan fingerprint density at radius 1 is 1.00 bits per heavy atom. The van der Waals surface area contributed by atoms with Crippen molar-refractivity contribution in [2.45, 2.75) is 20.4 Å². The van der Waals surface area contributed by atoms with Gasteiger partial charge in [0.15, 0.2) is 0 Å². The molecule has 1 saturated heterocycles. The predicted octanol–water partition coefficient (Wildman–Crippen LogP) is 2.66. The number of nitrogens with zero attached hydrogens (tertiary/aromatic N) is 3. The van der Waals surface area contributed by atoms with Gasteiger partial charge in [-0.3, -0.25) is 14.7 Å². The van der Waals surface area contributed by atoms with E-state index in [9.17, 15) is 4.79 Å². The molecule has 0 saturated carbocycles. The molecular formula is C19H23N3O. The Labute approximate surface area is 137 Å². The molecule has 4 nitrogen and oxygen atoms in total. The first-order valence-corrected chi connectivity index (χ1v) is 8.11. The minimum atomic E-state index is 0.150. The van der Waals surface area contributed by atoms with E-state index in [-0.39, 0.29) is 5.91 Å². The number of aromatic nitrogens is 1. The molecule has 0 aliphatic carbocycles. The van der Waals surface area contributed by atoms with E-state index in [1.54, 1.807) is 0 Å².